The van der Waals surface area contributed by atoms with Crippen molar-refractivity contribution in [2.75, 3.05) is 0 Å². The Morgan fingerprint density at radius 2 is 2.44 bits per heavy atom. The maximum atomic E-state index is 9.80. The summed E-state index contributed by atoms with van der Waals surface area (Å²) in [6.07, 6.45) is 10.1. The summed E-state index contributed by atoms with van der Waals surface area (Å²) in [7, 11) is 1.97. The van der Waals surface area contributed by atoms with Crippen molar-refractivity contribution < 1.29 is 5.11 Å². The molecule has 1 aliphatic rings. The SMILES string of the molecule is CCCC(O)CC1C=c2cnn(C)c2=CC1. The number of aryl methyl sites for hydroxylation is 1. The predicted octanol–water partition coefficient (Wildman–Crippen LogP) is 0.552. The summed E-state index contributed by atoms with van der Waals surface area (Å²) in [6, 6.07) is 0. The van der Waals surface area contributed by atoms with Crippen molar-refractivity contribution in [2.45, 2.75) is 38.7 Å². The topological polar surface area (TPSA) is 38.1 Å². The van der Waals surface area contributed by atoms with Crippen LogP contribution in [-0.4, -0.2) is 21.0 Å². The van der Waals surface area contributed by atoms with Crippen LogP contribution in [0.25, 0.3) is 12.2 Å². The van der Waals surface area contributed by atoms with E-state index in [1.54, 1.807) is 0 Å². The summed E-state index contributed by atoms with van der Waals surface area (Å²) in [4.78, 5) is 0. The second-order valence-corrected chi connectivity index (χ2v) is 4.65. The summed E-state index contributed by atoms with van der Waals surface area (Å²) in [6.45, 7) is 2.11. The summed E-state index contributed by atoms with van der Waals surface area (Å²) in [5, 5.41) is 16.5. The molecule has 1 aromatic rings. The minimum atomic E-state index is -0.155. The first-order valence-corrected chi connectivity index (χ1v) is 6.08. The Kier molecular flexibility index (Phi) is 3.44. The van der Waals surface area contributed by atoms with Crippen molar-refractivity contribution in [3.8, 4) is 0 Å². The van der Waals surface area contributed by atoms with Gasteiger partial charge in [0.15, 0.2) is 0 Å². The molecular weight excluding hydrogens is 200 g/mol. The van der Waals surface area contributed by atoms with Crippen molar-refractivity contribution >= 4 is 12.2 Å². The summed E-state index contributed by atoms with van der Waals surface area (Å²) in [5.41, 5.74) is 0. The fourth-order valence-corrected chi connectivity index (χ4v) is 2.39. The normalized spacial score (nSPS) is 20.8. The monoisotopic (exact) mass is 220 g/mol. The van der Waals surface area contributed by atoms with E-state index >= 15 is 0 Å². The Labute approximate surface area is 96.1 Å². The van der Waals surface area contributed by atoms with Crippen LogP contribution < -0.4 is 10.6 Å². The van der Waals surface area contributed by atoms with Gasteiger partial charge in [-0.05, 0) is 25.2 Å². The molecule has 0 fully saturated rings. The van der Waals surface area contributed by atoms with Gasteiger partial charge in [0.1, 0.15) is 0 Å². The molecule has 16 heavy (non-hydrogen) atoms. The third-order valence-electron chi connectivity index (χ3n) is 3.24. The highest BCUT2D eigenvalue weighted by Crippen LogP contribution is 2.17. The maximum Gasteiger partial charge on any atom is 0.0636 e. The number of aliphatic hydroxyl groups is 1. The molecule has 3 nitrogen and oxygen atoms in total. The molecule has 88 valence electrons. The van der Waals surface area contributed by atoms with Crippen LogP contribution >= 0.6 is 0 Å². The van der Waals surface area contributed by atoms with Crippen LogP contribution in [0.2, 0.25) is 0 Å². The first kappa shape index (κ1) is 11.4. The molecule has 0 saturated heterocycles. The van der Waals surface area contributed by atoms with Crippen LogP contribution in [0.5, 0.6) is 0 Å². The van der Waals surface area contributed by atoms with E-state index in [0.717, 1.165) is 25.7 Å². The largest absolute Gasteiger partial charge is 0.393 e. The molecule has 0 aromatic carbocycles. The van der Waals surface area contributed by atoms with Gasteiger partial charge >= 0.3 is 0 Å². The number of hydrogen-bond donors (Lipinski definition) is 1. The van der Waals surface area contributed by atoms with E-state index in [1.807, 2.05) is 17.9 Å². The number of hydrogen-bond acceptors (Lipinski definition) is 2. The Bertz CT molecular complexity index is 461. The lowest BCUT2D eigenvalue weighted by Crippen LogP contribution is -2.32. The van der Waals surface area contributed by atoms with E-state index in [-0.39, 0.29) is 6.10 Å². The molecule has 0 aliphatic heterocycles. The smallest absolute Gasteiger partial charge is 0.0636 e. The zero-order valence-corrected chi connectivity index (χ0v) is 10.1. The molecule has 0 spiro atoms. The summed E-state index contributed by atoms with van der Waals surface area (Å²) in [5.74, 6) is 0.471. The quantitative estimate of drug-likeness (QED) is 0.805. The van der Waals surface area contributed by atoms with E-state index in [0.29, 0.717) is 5.92 Å². The zero-order valence-electron chi connectivity index (χ0n) is 10.1. The van der Waals surface area contributed by atoms with Gasteiger partial charge in [0.25, 0.3) is 0 Å². The Morgan fingerprint density at radius 1 is 1.62 bits per heavy atom. The van der Waals surface area contributed by atoms with E-state index in [4.69, 9.17) is 0 Å². The second kappa shape index (κ2) is 4.83. The number of nitrogens with zero attached hydrogens (tertiary/aromatic N) is 2. The molecule has 1 heterocycles. The van der Waals surface area contributed by atoms with Gasteiger partial charge in [-0.1, -0.05) is 25.5 Å². The van der Waals surface area contributed by atoms with Gasteiger partial charge < -0.3 is 5.11 Å². The summed E-state index contributed by atoms with van der Waals surface area (Å²) >= 11 is 0. The molecule has 1 aliphatic carbocycles. The van der Waals surface area contributed by atoms with Crippen molar-refractivity contribution in [3.05, 3.63) is 16.8 Å². The van der Waals surface area contributed by atoms with Gasteiger partial charge in [0, 0.05) is 12.3 Å². The lowest BCUT2D eigenvalue weighted by atomic mass is 9.92. The zero-order chi connectivity index (χ0) is 11.5. The van der Waals surface area contributed by atoms with E-state index in [1.165, 1.54) is 10.6 Å². The van der Waals surface area contributed by atoms with Crippen LogP contribution in [0.3, 0.4) is 0 Å². The molecule has 0 radical (unpaired) electrons. The van der Waals surface area contributed by atoms with Gasteiger partial charge in [-0.3, -0.25) is 4.68 Å². The minimum Gasteiger partial charge on any atom is -0.393 e. The molecule has 1 aromatic heterocycles. The molecular formula is C13H20N2O. The molecule has 3 heteroatoms. The van der Waals surface area contributed by atoms with Crippen LogP contribution in [0, 0.1) is 5.92 Å². The fourth-order valence-electron chi connectivity index (χ4n) is 2.39. The molecule has 2 rings (SSSR count). The van der Waals surface area contributed by atoms with Crippen molar-refractivity contribution in [2.24, 2.45) is 13.0 Å². The third kappa shape index (κ3) is 2.35. The van der Waals surface area contributed by atoms with Crippen LogP contribution in [0.15, 0.2) is 6.20 Å². The van der Waals surface area contributed by atoms with Crippen molar-refractivity contribution in [3.63, 3.8) is 0 Å². The van der Waals surface area contributed by atoms with Gasteiger partial charge in [0.05, 0.1) is 17.6 Å². The molecule has 0 amide bonds. The first-order valence-electron chi connectivity index (χ1n) is 6.08. The number of aliphatic hydroxyl groups excluding tert-OH is 1. The minimum absolute atomic E-state index is 0.155. The highest BCUT2D eigenvalue weighted by atomic mass is 16.3. The average molecular weight is 220 g/mol. The molecule has 2 unspecified atom stereocenters. The van der Waals surface area contributed by atoms with Gasteiger partial charge in [-0.15, -0.1) is 0 Å². The Balaban J connectivity index is 2.10. The maximum absolute atomic E-state index is 9.80. The molecule has 1 N–H and O–H groups in total. The summed E-state index contributed by atoms with van der Waals surface area (Å²) < 4.78 is 1.91. The fraction of sp³-hybridized carbons (Fsp3) is 0.615. The highest BCUT2D eigenvalue weighted by molar-refractivity contribution is 5.37. The van der Waals surface area contributed by atoms with E-state index in [9.17, 15) is 5.11 Å². The number of aromatic nitrogens is 2. The van der Waals surface area contributed by atoms with Crippen LogP contribution in [0.1, 0.15) is 32.6 Å². The van der Waals surface area contributed by atoms with E-state index < -0.39 is 0 Å². The molecule has 2 atom stereocenters. The predicted molar refractivity (Wildman–Crippen MR) is 65.0 cm³/mol. The third-order valence-corrected chi connectivity index (χ3v) is 3.24. The number of fused-ring (bicyclic) bond motifs is 1. The average Bonchev–Trinajstić information content (AvgIpc) is 2.60. The molecule has 0 saturated carbocycles. The van der Waals surface area contributed by atoms with Crippen LogP contribution in [0.4, 0.5) is 0 Å². The van der Waals surface area contributed by atoms with Gasteiger partial charge in [-0.2, -0.15) is 5.10 Å². The second-order valence-electron chi connectivity index (χ2n) is 4.65. The van der Waals surface area contributed by atoms with Crippen molar-refractivity contribution in [1.29, 1.82) is 0 Å². The van der Waals surface area contributed by atoms with E-state index in [2.05, 4.69) is 24.2 Å². The van der Waals surface area contributed by atoms with Crippen molar-refractivity contribution in [1.82, 2.24) is 9.78 Å². The highest BCUT2D eigenvalue weighted by Gasteiger charge is 2.13. The lowest BCUT2D eigenvalue weighted by Gasteiger charge is -2.16. The number of rotatable bonds is 4. The van der Waals surface area contributed by atoms with Gasteiger partial charge in [0.2, 0.25) is 0 Å². The Morgan fingerprint density at radius 3 is 3.19 bits per heavy atom. The van der Waals surface area contributed by atoms with Crippen LogP contribution in [-0.2, 0) is 7.05 Å². The Hall–Kier alpha value is -1.09. The lowest BCUT2D eigenvalue weighted by molar-refractivity contribution is 0.143. The molecule has 0 bridgehead atoms. The standard InChI is InChI=1S/C13H20N2O/c1-3-4-12(16)8-10-5-6-13-11(7-10)9-14-15(13)2/h6-7,9-10,12,16H,3-5,8H2,1-2H3. The van der Waals surface area contributed by atoms with Gasteiger partial charge in [-0.25, -0.2) is 0 Å². The first-order chi connectivity index (χ1) is 7.70.